The van der Waals surface area contributed by atoms with Gasteiger partial charge in [-0.15, -0.1) is 0 Å². The van der Waals surface area contributed by atoms with E-state index < -0.39 is 12.8 Å². The average Bonchev–Trinajstić information content (AvgIpc) is 2.36. The third-order valence-electron chi connectivity index (χ3n) is 3.39. The number of hydrogen-bond donors (Lipinski definition) is 0. The van der Waals surface area contributed by atoms with Gasteiger partial charge in [0.1, 0.15) is 6.61 Å². The molecule has 1 atom stereocenters. The van der Waals surface area contributed by atoms with Crippen LogP contribution in [0.15, 0.2) is 0 Å². The van der Waals surface area contributed by atoms with Gasteiger partial charge in [-0.3, -0.25) is 9.80 Å². The van der Waals surface area contributed by atoms with Crippen LogP contribution in [0.2, 0.25) is 0 Å². The van der Waals surface area contributed by atoms with Crippen molar-refractivity contribution in [2.45, 2.75) is 26.1 Å². The Labute approximate surface area is 118 Å². The number of alkyl halides is 3. The second-order valence-corrected chi connectivity index (χ2v) is 5.05. The van der Waals surface area contributed by atoms with Gasteiger partial charge in [0, 0.05) is 45.4 Å². The zero-order valence-corrected chi connectivity index (χ0v) is 12.3. The topological polar surface area (TPSA) is 24.9 Å². The van der Waals surface area contributed by atoms with Crippen molar-refractivity contribution in [1.82, 2.24) is 9.80 Å². The van der Waals surface area contributed by atoms with E-state index in [2.05, 4.69) is 21.5 Å². The van der Waals surface area contributed by atoms with Crippen LogP contribution in [0.25, 0.3) is 0 Å². The summed E-state index contributed by atoms with van der Waals surface area (Å²) < 4.78 is 45.8. The maximum Gasteiger partial charge on any atom is 0.411 e. The molecule has 0 N–H and O–H groups in total. The van der Waals surface area contributed by atoms with Gasteiger partial charge in [0.2, 0.25) is 0 Å². The maximum atomic E-state index is 11.9. The van der Waals surface area contributed by atoms with Crippen molar-refractivity contribution in [2.24, 2.45) is 0 Å². The summed E-state index contributed by atoms with van der Waals surface area (Å²) in [6.07, 6.45) is -4.23. The molecule has 0 spiro atoms. The van der Waals surface area contributed by atoms with Crippen LogP contribution >= 0.6 is 0 Å². The van der Waals surface area contributed by atoms with Gasteiger partial charge in [0.15, 0.2) is 0 Å². The van der Waals surface area contributed by atoms with Crippen molar-refractivity contribution in [2.75, 3.05) is 59.2 Å². The van der Waals surface area contributed by atoms with Crippen LogP contribution in [-0.4, -0.2) is 81.2 Å². The highest BCUT2D eigenvalue weighted by molar-refractivity contribution is 4.78. The van der Waals surface area contributed by atoms with Crippen LogP contribution in [0.1, 0.15) is 13.8 Å². The molecular formula is C13H25F3N2O2. The molecular weight excluding hydrogens is 273 g/mol. The first-order valence-electron chi connectivity index (χ1n) is 7.11. The molecule has 0 aromatic carbocycles. The minimum atomic E-state index is -4.23. The molecule has 1 heterocycles. The van der Waals surface area contributed by atoms with E-state index in [-0.39, 0.29) is 6.61 Å². The normalized spacial score (nSPS) is 22.4. The summed E-state index contributed by atoms with van der Waals surface area (Å²) in [5.74, 6) is 0. The predicted octanol–water partition coefficient (Wildman–Crippen LogP) is 1.61. The van der Waals surface area contributed by atoms with E-state index in [4.69, 9.17) is 4.74 Å². The van der Waals surface area contributed by atoms with Crippen molar-refractivity contribution < 1.29 is 22.6 Å². The molecule has 1 aliphatic heterocycles. The van der Waals surface area contributed by atoms with Crippen LogP contribution < -0.4 is 0 Å². The molecule has 1 saturated heterocycles. The maximum absolute atomic E-state index is 11.9. The first-order valence-corrected chi connectivity index (χ1v) is 7.11. The smallest absolute Gasteiger partial charge is 0.380 e. The first-order chi connectivity index (χ1) is 9.42. The lowest BCUT2D eigenvalue weighted by Gasteiger charge is -2.39. The lowest BCUT2D eigenvalue weighted by atomic mass is 10.2. The zero-order chi connectivity index (χ0) is 15.0. The summed E-state index contributed by atoms with van der Waals surface area (Å²) in [5.41, 5.74) is 0. The molecule has 1 aliphatic rings. The quantitative estimate of drug-likeness (QED) is 0.636. The Morgan fingerprint density at radius 1 is 1.10 bits per heavy atom. The molecule has 0 bridgehead atoms. The lowest BCUT2D eigenvalue weighted by molar-refractivity contribution is -0.174. The minimum Gasteiger partial charge on any atom is -0.380 e. The van der Waals surface area contributed by atoms with Gasteiger partial charge in [-0.1, -0.05) is 0 Å². The van der Waals surface area contributed by atoms with Crippen LogP contribution in [0.4, 0.5) is 13.2 Å². The first kappa shape index (κ1) is 17.7. The summed E-state index contributed by atoms with van der Waals surface area (Å²) >= 11 is 0. The van der Waals surface area contributed by atoms with Crippen molar-refractivity contribution in [3.63, 3.8) is 0 Å². The number of hydrogen-bond acceptors (Lipinski definition) is 4. The molecule has 20 heavy (non-hydrogen) atoms. The van der Waals surface area contributed by atoms with Crippen LogP contribution in [0.5, 0.6) is 0 Å². The molecule has 120 valence electrons. The van der Waals surface area contributed by atoms with Crippen molar-refractivity contribution in [3.8, 4) is 0 Å². The molecule has 1 fully saturated rings. The molecule has 4 nitrogen and oxygen atoms in total. The number of halogens is 3. The fraction of sp³-hybridized carbons (Fsp3) is 1.00. The molecule has 0 aliphatic carbocycles. The molecule has 1 unspecified atom stereocenters. The van der Waals surface area contributed by atoms with Gasteiger partial charge in [-0.25, -0.2) is 0 Å². The van der Waals surface area contributed by atoms with Gasteiger partial charge in [-0.2, -0.15) is 13.2 Å². The highest BCUT2D eigenvalue weighted by atomic mass is 19.4. The van der Waals surface area contributed by atoms with Gasteiger partial charge in [-0.05, 0) is 13.8 Å². The Morgan fingerprint density at radius 3 is 2.40 bits per heavy atom. The predicted molar refractivity (Wildman–Crippen MR) is 70.8 cm³/mol. The Kier molecular flexibility index (Phi) is 7.79. The third kappa shape index (κ3) is 7.42. The Hall–Kier alpha value is -0.370. The fourth-order valence-electron chi connectivity index (χ4n) is 2.31. The van der Waals surface area contributed by atoms with Gasteiger partial charge in [0.05, 0.1) is 13.2 Å². The van der Waals surface area contributed by atoms with E-state index in [0.29, 0.717) is 12.6 Å². The highest BCUT2D eigenvalue weighted by Crippen LogP contribution is 2.14. The second kappa shape index (κ2) is 8.81. The second-order valence-electron chi connectivity index (χ2n) is 5.05. The largest absolute Gasteiger partial charge is 0.411 e. The van der Waals surface area contributed by atoms with Crippen molar-refractivity contribution >= 4 is 0 Å². The number of piperazine rings is 1. The average molecular weight is 298 g/mol. The molecule has 7 heteroatoms. The monoisotopic (exact) mass is 298 g/mol. The van der Waals surface area contributed by atoms with Gasteiger partial charge >= 0.3 is 6.18 Å². The molecule has 0 aromatic rings. The van der Waals surface area contributed by atoms with Gasteiger partial charge in [0.25, 0.3) is 0 Å². The zero-order valence-electron chi connectivity index (χ0n) is 12.3. The van der Waals surface area contributed by atoms with E-state index >= 15 is 0 Å². The highest BCUT2D eigenvalue weighted by Gasteiger charge is 2.28. The van der Waals surface area contributed by atoms with E-state index in [1.54, 1.807) is 0 Å². The minimum absolute atomic E-state index is 0.130. The van der Waals surface area contributed by atoms with Crippen molar-refractivity contribution in [3.05, 3.63) is 0 Å². The summed E-state index contributed by atoms with van der Waals surface area (Å²) in [7, 11) is 0. The van der Waals surface area contributed by atoms with Gasteiger partial charge < -0.3 is 9.47 Å². The summed E-state index contributed by atoms with van der Waals surface area (Å²) in [6.45, 7) is 8.66. The molecule has 1 rings (SSSR count). The SMILES string of the molecule is CCOCCN1CCN(CCOCC(F)(F)F)CC1C. The molecule has 0 aromatic heterocycles. The Bertz CT molecular complexity index is 264. The number of rotatable bonds is 8. The van der Waals surface area contributed by atoms with E-state index in [1.165, 1.54) is 0 Å². The van der Waals surface area contributed by atoms with Crippen molar-refractivity contribution in [1.29, 1.82) is 0 Å². The van der Waals surface area contributed by atoms with Crippen LogP contribution in [-0.2, 0) is 9.47 Å². The number of ether oxygens (including phenoxy) is 2. The van der Waals surface area contributed by atoms with Crippen LogP contribution in [0.3, 0.4) is 0 Å². The van der Waals surface area contributed by atoms with E-state index in [1.807, 2.05) is 6.92 Å². The lowest BCUT2D eigenvalue weighted by Crippen LogP contribution is -2.53. The molecule has 0 amide bonds. The number of nitrogens with zero attached hydrogens (tertiary/aromatic N) is 2. The standard InChI is InChI=1S/C13H25F3N2O2/c1-3-19-9-7-18-5-4-17(10-12(18)2)6-8-20-11-13(14,15)16/h12H,3-11H2,1-2H3. The summed E-state index contributed by atoms with van der Waals surface area (Å²) in [6, 6.07) is 0.395. The summed E-state index contributed by atoms with van der Waals surface area (Å²) in [4.78, 5) is 4.50. The van der Waals surface area contributed by atoms with E-state index in [0.717, 1.165) is 39.4 Å². The Balaban J connectivity index is 2.13. The molecule has 0 saturated carbocycles. The summed E-state index contributed by atoms with van der Waals surface area (Å²) in [5, 5.41) is 0. The third-order valence-corrected chi connectivity index (χ3v) is 3.39. The fourth-order valence-corrected chi connectivity index (χ4v) is 2.31. The molecule has 0 radical (unpaired) electrons. The van der Waals surface area contributed by atoms with E-state index in [9.17, 15) is 13.2 Å². The Morgan fingerprint density at radius 2 is 1.80 bits per heavy atom. The van der Waals surface area contributed by atoms with Crippen LogP contribution in [0, 0.1) is 0 Å².